The molecule has 1 aliphatic heterocycles. The Labute approximate surface area is 169 Å². The van der Waals surface area contributed by atoms with E-state index in [1.54, 1.807) is 42.5 Å². The average Bonchev–Trinajstić information content (AvgIpc) is 3.00. The van der Waals surface area contributed by atoms with Gasteiger partial charge in [-0.25, -0.2) is 9.69 Å². The molecule has 1 atom stereocenters. The fraction of sp³-hybridized carbons (Fsp3) is 0.318. The molecule has 0 N–H and O–H groups in total. The van der Waals surface area contributed by atoms with Gasteiger partial charge in [0.1, 0.15) is 6.10 Å². The zero-order chi connectivity index (χ0) is 20.1. The number of esters is 1. The first-order chi connectivity index (χ1) is 13.5. The van der Waals surface area contributed by atoms with Crippen LogP contribution in [-0.4, -0.2) is 29.1 Å². The monoisotopic (exact) mass is 397 g/mol. The highest BCUT2D eigenvalue weighted by atomic mass is 32.2. The number of benzene rings is 2. The van der Waals surface area contributed by atoms with E-state index < -0.39 is 11.2 Å². The zero-order valence-electron chi connectivity index (χ0n) is 16.0. The highest BCUT2D eigenvalue weighted by Gasteiger charge is 2.40. The van der Waals surface area contributed by atoms with E-state index in [4.69, 9.17) is 4.74 Å². The fourth-order valence-corrected chi connectivity index (χ4v) is 4.28. The summed E-state index contributed by atoms with van der Waals surface area (Å²) in [5, 5.41) is -0.560. The Morgan fingerprint density at radius 3 is 2.39 bits per heavy atom. The number of thioether (sulfide) groups is 1. The minimum absolute atomic E-state index is 0.105. The van der Waals surface area contributed by atoms with Crippen molar-refractivity contribution in [3.05, 3.63) is 60.2 Å². The SMILES string of the molecule is CCC(CC)OC(=O)c1ccccc1SC1CC(=O)N(c2ccccc2)C1=O. The molecule has 1 aliphatic rings. The third-order valence-electron chi connectivity index (χ3n) is 4.68. The molecule has 1 saturated heterocycles. The van der Waals surface area contributed by atoms with E-state index in [0.29, 0.717) is 16.1 Å². The van der Waals surface area contributed by atoms with Gasteiger partial charge in [-0.05, 0) is 37.1 Å². The zero-order valence-corrected chi connectivity index (χ0v) is 16.8. The fourth-order valence-electron chi connectivity index (χ4n) is 3.11. The molecule has 146 valence electrons. The minimum Gasteiger partial charge on any atom is -0.459 e. The van der Waals surface area contributed by atoms with Crippen LogP contribution in [0.1, 0.15) is 43.5 Å². The molecular formula is C22H23NO4S. The minimum atomic E-state index is -0.560. The number of carbonyl (C=O) groups excluding carboxylic acids is 3. The summed E-state index contributed by atoms with van der Waals surface area (Å²) in [5.41, 5.74) is 1.000. The van der Waals surface area contributed by atoms with Crippen molar-refractivity contribution in [2.45, 2.75) is 49.4 Å². The van der Waals surface area contributed by atoms with Crippen molar-refractivity contribution in [3.8, 4) is 0 Å². The lowest BCUT2D eigenvalue weighted by Gasteiger charge is -2.17. The summed E-state index contributed by atoms with van der Waals surface area (Å²) in [5.74, 6) is -0.886. The third-order valence-corrected chi connectivity index (χ3v) is 5.94. The van der Waals surface area contributed by atoms with Gasteiger partial charge in [-0.3, -0.25) is 9.59 Å². The number of ether oxygens (including phenoxy) is 1. The van der Waals surface area contributed by atoms with Crippen molar-refractivity contribution in [1.29, 1.82) is 0 Å². The molecule has 5 nitrogen and oxygen atoms in total. The smallest absolute Gasteiger partial charge is 0.339 e. The van der Waals surface area contributed by atoms with Crippen LogP contribution >= 0.6 is 11.8 Å². The first kappa shape index (κ1) is 20.1. The molecule has 0 aliphatic carbocycles. The molecule has 3 rings (SSSR count). The van der Waals surface area contributed by atoms with Crippen LogP contribution < -0.4 is 4.90 Å². The standard InChI is InChI=1S/C22H23NO4S/c1-3-16(4-2)27-22(26)17-12-8-9-13-18(17)28-19-14-20(24)23(21(19)25)15-10-6-5-7-11-15/h5-13,16,19H,3-4,14H2,1-2H3. The van der Waals surface area contributed by atoms with Gasteiger partial charge in [0.2, 0.25) is 11.8 Å². The van der Waals surface area contributed by atoms with Gasteiger partial charge < -0.3 is 4.74 Å². The lowest BCUT2D eigenvalue weighted by molar-refractivity contribution is -0.121. The number of hydrogen-bond acceptors (Lipinski definition) is 5. The highest BCUT2D eigenvalue weighted by Crippen LogP contribution is 2.35. The molecule has 28 heavy (non-hydrogen) atoms. The highest BCUT2D eigenvalue weighted by molar-refractivity contribution is 8.00. The first-order valence-corrected chi connectivity index (χ1v) is 10.3. The van der Waals surface area contributed by atoms with Crippen molar-refractivity contribution < 1.29 is 19.1 Å². The lowest BCUT2D eigenvalue weighted by Crippen LogP contribution is -2.31. The Hall–Kier alpha value is -2.60. The Morgan fingerprint density at radius 1 is 1.07 bits per heavy atom. The molecule has 0 spiro atoms. The normalized spacial score (nSPS) is 16.7. The van der Waals surface area contributed by atoms with Crippen LogP contribution in [0, 0.1) is 0 Å². The second-order valence-corrected chi connectivity index (χ2v) is 7.80. The van der Waals surface area contributed by atoms with Crippen LogP contribution in [0.2, 0.25) is 0 Å². The van der Waals surface area contributed by atoms with E-state index in [1.807, 2.05) is 26.0 Å². The number of rotatable bonds is 7. The quantitative estimate of drug-likeness (QED) is 0.510. The Morgan fingerprint density at radius 2 is 1.71 bits per heavy atom. The Balaban J connectivity index is 1.78. The largest absolute Gasteiger partial charge is 0.459 e. The molecule has 0 aromatic heterocycles. The summed E-state index contributed by atoms with van der Waals surface area (Å²) >= 11 is 1.25. The third kappa shape index (κ3) is 4.28. The molecule has 0 bridgehead atoms. The van der Waals surface area contributed by atoms with E-state index in [-0.39, 0.29) is 24.3 Å². The van der Waals surface area contributed by atoms with Gasteiger partial charge in [0.05, 0.1) is 16.5 Å². The van der Waals surface area contributed by atoms with Crippen molar-refractivity contribution in [1.82, 2.24) is 0 Å². The second kappa shape index (κ2) is 9.06. The maximum atomic E-state index is 12.8. The van der Waals surface area contributed by atoms with Crippen LogP contribution in [0.25, 0.3) is 0 Å². The van der Waals surface area contributed by atoms with Crippen LogP contribution in [0.5, 0.6) is 0 Å². The predicted octanol–water partition coefficient (Wildman–Crippen LogP) is 4.46. The summed E-state index contributed by atoms with van der Waals surface area (Å²) in [7, 11) is 0. The molecule has 1 unspecified atom stereocenters. The molecule has 1 heterocycles. The van der Waals surface area contributed by atoms with E-state index in [1.165, 1.54) is 16.7 Å². The van der Waals surface area contributed by atoms with Gasteiger partial charge in [0, 0.05) is 11.3 Å². The molecule has 0 saturated carbocycles. The van der Waals surface area contributed by atoms with Gasteiger partial charge in [0.15, 0.2) is 0 Å². The van der Waals surface area contributed by atoms with Gasteiger partial charge in [-0.2, -0.15) is 0 Å². The molecule has 0 radical (unpaired) electrons. The predicted molar refractivity (Wildman–Crippen MR) is 109 cm³/mol. The summed E-state index contributed by atoms with van der Waals surface area (Å²) in [4.78, 5) is 39.7. The summed E-state index contributed by atoms with van der Waals surface area (Å²) in [6.07, 6.45) is 1.47. The molecule has 6 heteroatoms. The Bertz CT molecular complexity index is 864. The topological polar surface area (TPSA) is 63.7 Å². The van der Waals surface area contributed by atoms with E-state index in [9.17, 15) is 14.4 Å². The van der Waals surface area contributed by atoms with E-state index in [0.717, 1.165) is 12.8 Å². The molecule has 1 fully saturated rings. The van der Waals surface area contributed by atoms with Crippen LogP contribution in [0.15, 0.2) is 59.5 Å². The van der Waals surface area contributed by atoms with Crippen LogP contribution in [0.4, 0.5) is 5.69 Å². The maximum absolute atomic E-state index is 12.8. The van der Waals surface area contributed by atoms with Gasteiger partial charge >= 0.3 is 5.97 Å². The summed E-state index contributed by atoms with van der Waals surface area (Å²) < 4.78 is 5.56. The maximum Gasteiger partial charge on any atom is 0.339 e. The van der Waals surface area contributed by atoms with Gasteiger partial charge in [0.25, 0.3) is 0 Å². The first-order valence-electron chi connectivity index (χ1n) is 9.43. The van der Waals surface area contributed by atoms with Gasteiger partial charge in [-0.15, -0.1) is 11.8 Å². The Kier molecular flexibility index (Phi) is 6.52. The molecule has 2 aromatic rings. The summed E-state index contributed by atoms with van der Waals surface area (Å²) in [6, 6.07) is 16.0. The molecular weight excluding hydrogens is 374 g/mol. The number of anilines is 1. The van der Waals surface area contributed by atoms with Gasteiger partial charge in [-0.1, -0.05) is 44.2 Å². The number of hydrogen-bond donors (Lipinski definition) is 0. The van der Waals surface area contributed by atoms with E-state index in [2.05, 4.69) is 0 Å². The van der Waals surface area contributed by atoms with Crippen molar-refractivity contribution >= 4 is 35.2 Å². The van der Waals surface area contributed by atoms with Crippen molar-refractivity contribution in [2.75, 3.05) is 4.90 Å². The van der Waals surface area contributed by atoms with Crippen molar-refractivity contribution in [2.24, 2.45) is 0 Å². The van der Waals surface area contributed by atoms with E-state index >= 15 is 0 Å². The number of amides is 2. The van der Waals surface area contributed by atoms with Crippen LogP contribution in [0.3, 0.4) is 0 Å². The molecule has 2 aromatic carbocycles. The average molecular weight is 397 g/mol. The molecule has 2 amide bonds. The lowest BCUT2D eigenvalue weighted by atomic mass is 10.2. The second-order valence-electron chi connectivity index (χ2n) is 6.55. The number of imide groups is 1. The van der Waals surface area contributed by atoms with Crippen LogP contribution in [-0.2, 0) is 14.3 Å². The number of nitrogens with zero attached hydrogens (tertiary/aromatic N) is 1. The summed E-state index contributed by atoms with van der Waals surface area (Å²) in [6.45, 7) is 3.95. The number of para-hydroxylation sites is 1. The van der Waals surface area contributed by atoms with Crippen molar-refractivity contribution in [3.63, 3.8) is 0 Å². The number of carbonyl (C=O) groups is 3.